The molecule has 1 fully saturated rings. The van der Waals surface area contributed by atoms with Crippen LogP contribution in [0, 0.1) is 0 Å². The topological polar surface area (TPSA) is 72.5 Å². The molecule has 0 aromatic heterocycles. The van der Waals surface area contributed by atoms with E-state index in [2.05, 4.69) is 21.2 Å². The maximum absolute atomic E-state index is 11.9. The van der Waals surface area contributed by atoms with Crippen molar-refractivity contribution in [3.63, 3.8) is 0 Å². The van der Waals surface area contributed by atoms with Crippen LogP contribution in [-0.4, -0.2) is 38.5 Å². The van der Waals surface area contributed by atoms with Gasteiger partial charge >= 0.3 is 0 Å². The largest absolute Gasteiger partial charge is 0.484 e. The van der Waals surface area contributed by atoms with Crippen molar-refractivity contribution in [2.75, 3.05) is 18.1 Å². The Hall–Kier alpha value is -1.86. The minimum absolute atomic E-state index is 0.0145. The number of sulfone groups is 1. The van der Waals surface area contributed by atoms with Crippen molar-refractivity contribution in [1.82, 2.24) is 5.32 Å². The quantitative estimate of drug-likeness (QED) is 0.802. The Bertz CT molecular complexity index is 848. The van der Waals surface area contributed by atoms with E-state index in [-0.39, 0.29) is 30.1 Å². The number of ether oxygens (including phenoxy) is 1. The predicted molar refractivity (Wildman–Crippen MR) is 100 cm³/mol. The van der Waals surface area contributed by atoms with Crippen molar-refractivity contribution < 1.29 is 17.9 Å². The van der Waals surface area contributed by atoms with Gasteiger partial charge in [-0.3, -0.25) is 4.79 Å². The number of benzene rings is 2. The minimum Gasteiger partial charge on any atom is -0.484 e. The Kier molecular flexibility index (Phi) is 5.44. The monoisotopic (exact) mass is 423 g/mol. The fourth-order valence-electron chi connectivity index (χ4n) is 2.71. The molecule has 2 aromatic carbocycles. The molecule has 1 aliphatic rings. The summed E-state index contributed by atoms with van der Waals surface area (Å²) < 4.78 is 29.3. The third kappa shape index (κ3) is 5.06. The molecule has 0 spiro atoms. The Labute approximate surface area is 155 Å². The van der Waals surface area contributed by atoms with E-state index >= 15 is 0 Å². The lowest BCUT2D eigenvalue weighted by Gasteiger charge is -2.12. The lowest BCUT2D eigenvalue weighted by molar-refractivity contribution is -0.123. The summed E-state index contributed by atoms with van der Waals surface area (Å²) in [5.74, 6) is 0.436. The first-order chi connectivity index (χ1) is 11.9. The lowest BCUT2D eigenvalue weighted by atomic mass is 10.1. The molecule has 0 saturated carbocycles. The summed E-state index contributed by atoms with van der Waals surface area (Å²) in [5.41, 5.74) is 2.15. The third-order valence-electron chi connectivity index (χ3n) is 4.00. The second kappa shape index (κ2) is 7.58. The molecular formula is C18H18BrNO4S. The van der Waals surface area contributed by atoms with Gasteiger partial charge in [0.15, 0.2) is 16.4 Å². The number of halogens is 1. The van der Waals surface area contributed by atoms with Gasteiger partial charge in [-0.15, -0.1) is 0 Å². The molecule has 132 valence electrons. The summed E-state index contributed by atoms with van der Waals surface area (Å²) >= 11 is 3.41. The Balaban J connectivity index is 1.51. The van der Waals surface area contributed by atoms with Crippen molar-refractivity contribution in [1.29, 1.82) is 0 Å². The Morgan fingerprint density at radius 1 is 1.08 bits per heavy atom. The molecule has 2 aromatic rings. The van der Waals surface area contributed by atoms with Crippen LogP contribution in [0.5, 0.6) is 5.75 Å². The fraction of sp³-hybridized carbons (Fsp3) is 0.278. The summed E-state index contributed by atoms with van der Waals surface area (Å²) in [4.78, 5) is 11.9. The van der Waals surface area contributed by atoms with E-state index in [1.165, 1.54) is 0 Å². The highest BCUT2D eigenvalue weighted by molar-refractivity contribution is 9.10. The first-order valence-corrected chi connectivity index (χ1v) is 10.5. The van der Waals surface area contributed by atoms with Gasteiger partial charge in [0, 0.05) is 10.5 Å². The lowest BCUT2D eigenvalue weighted by Crippen LogP contribution is -2.38. The Morgan fingerprint density at radius 2 is 1.68 bits per heavy atom. The number of hydrogen-bond donors (Lipinski definition) is 1. The van der Waals surface area contributed by atoms with Crippen molar-refractivity contribution >= 4 is 31.7 Å². The highest BCUT2D eigenvalue weighted by atomic mass is 79.9. The van der Waals surface area contributed by atoms with Gasteiger partial charge in [-0.25, -0.2) is 8.42 Å². The molecule has 0 aliphatic carbocycles. The molecule has 1 heterocycles. The number of nitrogens with one attached hydrogen (secondary N) is 1. The molecule has 1 saturated heterocycles. The highest BCUT2D eigenvalue weighted by Crippen LogP contribution is 2.24. The van der Waals surface area contributed by atoms with Crippen LogP contribution in [0.15, 0.2) is 53.0 Å². The molecular weight excluding hydrogens is 406 g/mol. The van der Waals surface area contributed by atoms with Crippen molar-refractivity contribution in [2.45, 2.75) is 12.5 Å². The molecule has 0 unspecified atom stereocenters. The van der Waals surface area contributed by atoms with Gasteiger partial charge in [0.25, 0.3) is 5.91 Å². The van der Waals surface area contributed by atoms with E-state index < -0.39 is 9.84 Å². The first-order valence-electron chi connectivity index (χ1n) is 7.90. The summed E-state index contributed by atoms with van der Waals surface area (Å²) in [6, 6.07) is 15.2. The second-order valence-electron chi connectivity index (χ2n) is 5.99. The highest BCUT2D eigenvalue weighted by Gasteiger charge is 2.28. The van der Waals surface area contributed by atoms with Crippen LogP contribution >= 0.6 is 15.9 Å². The average Bonchev–Trinajstić information content (AvgIpc) is 2.93. The second-order valence-corrected chi connectivity index (χ2v) is 9.13. The number of carbonyl (C=O) groups is 1. The van der Waals surface area contributed by atoms with Crippen molar-refractivity contribution in [3.05, 3.63) is 53.0 Å². The molecule has 1 N–H and O–H groups in total. The molecule has 0 radical (unpaired) electrons. The van der Waals surface area contributed by atoms with Crippen LogP contribution < -0.4 is 10.1 Å². The standard InChI is InChI=1S/C18H18BrNO4S/c19-15-5-1-13(2-6-15)14-3-7-17(8-4-14)24-11-18(21)20-16-9-10-25(22,23)12-16/h1-8,16H,9-12H2,(H,20,21)/t16-/m0/s1. The van der Waals surface area contributed by atoms with Gasteiger partial charge < -0.3 is 10.1 Å². The van der Waals surface area contributed by atoms with Gasteiger partial charge in [-0.05, 0) is 41.8 Å². The zero-order valence-electron chi connectivity index (χ0n) is 13.4. The van der Waals surface area contributed by atoms with E-state index in [0.717, 1.165) is 15.6 Å². The molecule has 25 heavy (non-hydrogen) atoms. The average molecular weight is 424 g/mol. The summed E-state index contributed by atoms with van der Waals surface area (Å²) in [6.45, 7) is -0.131. The molecule has 1 amide bonds. The summed E-state index contributed by atoms with van der Waals surface area (Å²) in [7, 11) is -3.00. The first kappa shape index (κ1) is 17.9. The molecule has 1 atom stereocenters. The summed E-state index contributed by atoms with van der Waals surface area (Å²) in [5, 5.41) is 2.70. The third-order valence-corrected chi connectivity index (χ3v) is 6.30. The van der Waals surface area contributed by atoms with Crippen LogP contribution in [0.25, 0.3) is 11.1 Å². The van der Waals surface area contributed by atoms with Crippen LogP contribution in [0.2, 0.25) is 0 Å². The van der Waals surface area contributed by atoms with E-state index in [4.69, 9.17) is 4.74 Å². The van der Waals surface area contributed by atoms with Gasteiger partial charge in [0.2, 0.25) is 0 Å². The Morgan fingerprint density at radius 3 is 2.24 bits per heavy atom. The maximum Gasteiger partial charge on any atom is 0.258 e. The van der Waals surface area contributed by atoms with Crippen LogP contribution in [0.4, 0.5) is 0 Å². The van der Waals surface area contributed by atoms with Crippen LogP contribution in [0.3, 0.4) is 0 Å². The van der Waals surface area contributed by atoms with E-state index in [1.807, 2.05) is 48.5 Å². The molecule has 1 aliphatic heterocycles. The predicted octanol–water partition coefficient (Wildman–Crippen LogP) is 2.80. The fourth-order valence-corrected chi connectivity index (χ4v) is 4.65. The van der Waals surface area contributed by atoms with Gasteiger partial charge in [0.1, 0.15) is 5.75 Å². The molecule has 0 bridgehead atoms. The van der Waals surface area contributed by atoms with Crippen molar-refractivity contribution in [3.8, 4) is 16.9 Å². The molecule has 5 nitrogen and oxygen atoms in total. The zero-order chi connectivity index (χ0) is 17.9. The minimum atomic E-state index is -3.00. The smallest absolute Gasteiger partial charge is 0.258 e. The van der Waals surface area contributed by atoms with Gasteiger partial charge in [-0.1, -0.05) is 40.2 Å². The van der Waals surface area contributed by atoms with Gasteiger partial charge in [-0.2, -0.15) is 0 Å². The number of hydrogen-bond acceptors (Lipinski definition) is 4. The normalized spacial score (nSPS) is 18.7. The zero-order valence-corrected chi connectivity index (χ0v) is 15.8. The maximum atomic E-state index is 11.9. The SMILES string of the molecule is O=C(COc1ccc(-c2ccc(Br)cc2)cc1)N[C@H]1CCS(=O)(=O)C1. The number of rotatable bonds is 5. The van der Waals surface area contributed by atoms with E-state index in [0.29, 0.717) is 12.2 Å². The molecule has 7 heteroatoms. The molecule has 3 rings (SSSR count). The summed E-state index contributed by atoms with van der Waals surface area (Å²) in [6.07, 6.45) is 0.468. The van der Waals surface area contributed by atoms with Gasteiger partial charge in [0.05, 0.1) is 11.5 Å². The van der Waals surface area contributed by atoms with Crippen LogP contribution in [0.1, 0.15) is 6.42 Å². The van der Waals surface area contributed by atoms with Crippen molar-refractivity contribution in [2.24, 2.45) is 0 Å². The van der Waals surface area contributed by atoms with E-state index in [1.54, 1.807) is 0 Å². The number of carbonyl (C=O) groups excluding carboxylic acids is 1. The van der Waals surface area contributed by atoms with Crippen LogP contribution in [-0.2, 0) is 14.6 Å². The number of amides is 1. The van der Waals surface area contributed by atoms with E-state index in [9.17, 15) is 13.2 Å².